The van der Waals surface area contributed by atoms with Gasteiger partial charge in [0.25, 0.3) is 0 Å². The number of guanidine groups is 1. The van der Waals surface area contributed by atoms with E-state index in [9.17, 15) is 0 Å². The van der Waals surface area contributed by atoms with E-state index in [1.807, 2.05) is 7.05 Å². The highest BCUT2D eigenvalue weighted by Gasteiger charge is 2.26. The van der Waals surface area contributed by atoms with Crippen LogP contribution in [0.1, 0.15) is 38.5 Å². The summed E-state index contributed by atoms with van der Waals surface area (Å²) in [5.74, 6) is 2.47. The molecule has 1 aliphatic carbocycles. The molecule has 0 aromatic rings. The Morgan fingerprint density at radius 3 is 2.42 bits per heavy atom. The van der Waals surface area contributed by atoms with Gasteiger partial charge in [-0.15, -0.1) is 24.0 Å². The normalized spacial score (nSPS) is 23.9. The smallest absolute Gasteiger partial charge is 0.193 e. The summed E-state index contributed by atoms with van der Waals surface area (Å²) < 4.78 is 5.49. The van der Waals surface area contributed by atoms with E-state index in [-0.39, 0.29) is 24.0 Å². The van der Waals surface area contributed by atoms with Crippen molar-refractivity contribution < 1.29 is 4.74 Å². The molecule has 0 bridgehead atoms. The second-order valence-electron chi connectivity index (χ2n) is 7.47. The zero-order chi connectivity index (χ0) is 16.7. The number of nitrogens with one attached hydrogen (secondary N) is 1. The predicted octanol–water partition coefficient (Wildman–Crippen LogP) is 2.66. The minimum atomic E-state index is 0. The van der Waals surface area contributed by atoms with Crippen molar-refractivity contribution in [3.8, 4) is 0 Å². The van der Waals surface area contributed by atoms with Crippen LogP contribution in [0.15, 0.2) is 4.99 Å². The summed E-state index contributed by atoms with van der Waals surface area (Å²) in [7, 11) is 8.45. The van der Waals surface area contributed by atoms with Crippen LogP contribution in [0.2, 0.25) is 0 Å². The zero-order valence-corrected chi connectivity index (χ0v) is 18.3. The van der Waals surface area contributed by atoms with Crippen molar-refractivity contribution >= 4 is 29.9 Å². The molecule has 1 N–H and O–H groups in total. The molecule has 6 heteroatoms. The van der Waals surface area contributed by atoms with Gasteiger partial charge in [-0.1, -0.05) is 19.3 Å². The maximum absolute atomic E-state index is 5.49. The molecule has 24 heavy (non-hydrogen) atoms. The maximum atomic E-state index is 5.49. The average Bonchev–Trinajstić information content (AvgIpc) is 3.05. The van der Waals surface area contributed by atoms with E-state index in [0.717, 1.165) is 38.2 Å². The molecule has 5 nitrogen and oxygen atoms in total. The maximum Gasteiger partial charge on any atom is 0.193 e. The zero-order valence-electron chi connectivity index (χ0n) is 16.0. The van der Waals surface area contributed by atoms with Crippen LogP contribution in [0.4, 0.5) is 0 Å². The summed E-state index contributed by atoms with van der Waals surface area (Å²) in [6.07, 6.45) is 8.12. The highest BCUT2D eigenvalue weighted by Crippen LogP contribution is 2.28. The number of likely N-dealkylation sites (N-methyl/N-ethyl adjacent to an activating group) is 1. The van der Waals surface area contributed by atoms with Crippen LogP contribution in [-0.4, -0.2) is 76.3 Å². The number of aliphatic imine (C=N–C) groups is 1. The summed E-state index contributed by atoms with van der Waals surface area (Å²) in [6, 6.07) is 0.593. The minimum Gasteiger partial charge on any atom is -0.381 e. The van der Waals surface area contributed by atoms with E-state index < -0.39 is 0 Å². The van der Waals surface area contributed by atoms with Gasteiger partial charge in [0.05, 0.1) is 6.61 Å². The first-order chi connectivity index (χ1) is 11.1. The topological polar surface area (TPSA) is 40.1 Å². The van der Waals surface area contributed by atoms with E-state index in [1.165, 1.54) is 38.5 Å². The molecular weight excluding hydrogens is 415 g/mol. The van der Waals surface area contributed by atoms with Crippen LogP contribution in [0.3, 0.4) is 0 Å². The third-order valence-electron chi connectivity index (χ3n) is 5.46. The molecule has 0 aromatic carbocycles. The molecule has 1 saturated carbocycles. The van der Waals surface area contributed by atoms with E-state index in [4.69, 9.17) is 4.74 Å². The Kier molecular flexibility index (Phi) is 10.5. The number of halogens is 1. The molecular formula is C18H37IN4O. The first-order valence-electron chi connectivity index (χ1n) is 9.27. The van der Waals surface area contributed by atoms with Crippen LogP contribution >= 0.6 is 24.0 Å². The molecule has 1 heterocycles. The van der Waals surface area contributed by atoms with Gasteiger partial charge < -0.3 is 19.9 Å². The molecule has 2 rings (SSSR count). The van der Waals surface area contributed by atoms with Crippen LogP contribution in [0.25, 0.3) is 0 Å². The Balaban J connectivity index is 0.00000288. The Labute approximate surface area is 165 Å². The third kappa shape index (κ3) is 6.67. The van der Waals surface area contributed by atoms with Gasteiger partial charge in [0.2, 0.25) is 0 Å². The lowest BCUT2D eigenvalue weighted by molar-refractivity contribution is 0.169. The van der Waals surface area contributed by atoms with Crippen molar-refractivity contribution in [1.29, 1.82) is 0 Å². The SMILES string of the molecule is CN=C(NCC(C1CCCCC1)N(C)C)N(C)CC1CCOC1.I. The Morgan fingerprint density at radius 1 is 1.17 bits per heavy atom. The van der Waals surface area contributed by atoms with Crippen LogP contribution < -0.4 is 5.32 Å². The van der Waals surface area contributed by atoms with E-state index in [1.54, 1.807) is 0 Å². The monoisotopic (exact) mass is 452 g/mol. The van der Waals surface area contributed by atoms with Crippen molar-refractivity contribution in [2.24, 2.45) is 16.8 Å². The standard InChI is InChI=1S/C18H36N4O.HI/c1-19-18(22(4)13-15-10-11-23-14-15)20-12-17(21(2)3)16-8-6-5-7-9-16;/h15-17H,5-14H2,1-4H3,(H,19,20);1H. The van der Waals surface area contributed by atoms with Gasteiger partial charge in [-0.3, -0.25) is 4.99 Å². The molecule has 0 amide bonds. The molecule has 0 radical (unpaired) electrons. The van der Waals surface area contributed by atoms with Crippen molar-refractivity contribution in [1.82, 2.24) is 15.1 Å². The molecule has 142 valence electrons. The average molecular weight is 452 g/mol. The molecule has 2 atom stereocenters. The molecule has 1 saturated heterocycles. The van der Waals surface area contributed by atoms with Crippen molar-refractivity contribution in [3.05, 3.63) is 0 Å². The van der Waals surface area contributed by atoms with E-state index in [2.05, 4.69) is 41.3 Å². The quantitative estimate of drug-likeness (QED) is 0.382. The molecule has 0 aromatic heterocycles. The Bertz CT molecular complexity index is 366. The first kappa shape index (κ1) is 22.0. The van der Waals surface area contributed by atoms with E-state index >= 15 is 0 Å². The van der Waals surface area contributed by atoms with E-state index in [0.29, 0.717) is 12.0 Å². The fraction of sp³-hybridized carbons (Fsp3) is 0.944. The molecule has 2 aliphatic rings. The second-order valence-corrected chi connectivity index (χ2v) is 7.47. The highest BCUT2D eigenvalue weighted by molar-refractivity contribution is 14.0. The number of rotatable bonds is 6. The minimum absolute atomic E-state index is 0. The number of hydrogen-bond donors (Lipinski definition) is 1. The lowest BCUT2D eigenvalue weighted by Gasteiger charge is -2.36. The third-order valence-corrected chi connectivity index (χ3v) is 5.46. The van der Waals surface area contributed by atoms with Crippen LogP contribution in [0.5, 0.6) is 0 Å². The van der Waals surface area contributed by atoms with Gasteiger partial charge >= 0.3 is 0 Å². The van der Waals surface area contributed by atoms with Crippen molar-refractivity contribution in [2.75, 3.05) is 54.5 Å². The Morgan fingerprint density at radius 2 is 1.88 bits per heavy atom. The van der Waals surface area contributed by atoms with Gasteiger partial charge in [-0.2, -0.15) is 0 Å². The number of nitrogens with zero attached hydrogens (tertiary/aromatic N) is 3. The fourth-order valence-electron chi connectivity index (χ4n) is 4.07. The molecule has 0 spiro atoms. The summed E-state index contributed by atoms with van der Waals surface area (Å²) in [5, 5.41) is 3.62. The summed E-state index contributed by atoms with van der Waals surface area (Å²) in [6.45, 7) is 3.81. The van der Waals surface area contributed by atoms with Crippen molar-refractivity contribution in [2.45, 2.75) is 44.6 Å². The summed E-state index contributed by atoms with van der Waals surface area (Å²) >= 11 is 0. The largest absolute Gasteiger partial charge is 0.381 e. The van der Waals surface area contributed by atoms with Crippen LogP contribution in [-0.2, 0) is 4.74 Å². The van der Waals surface area contributed by atoms with Gasteiger partial charge in [-0.05, 0) is 39.3 Å². The number of hydrogen-bond acceptors (Lipinski definition) is 3. The molecule has 2 unspecified atom stereocenters. The predicted molar refractivity (Wildman–Crippen MR) is 112 cm³/mol. The molecule has 2 fully saturated rings. The van der Waals surface area contributed by atoms with Crippen molar-refractivity contribution in [3.63, 3.8) is 0 Å². The summed E-state index contributed by atoms with van der Waals surface area (Å²) in [5.41, 5.74) is 0. The van der Waals surface area contributed by atoms with Gasteiger partial charge in [-0.25, -0.2) is 0 Å². The van der Waals surface area contributed by atoms with Gasteiger partial charge in [0, 0.05) is 45.8 Å². The lowest BCUT2D eigenvalue weighted by atomic mass is 9.83. The fourth-order valence-corrected chi connectivity index (χ4v) is 4.07. The van der Waals surface area contributed by atoms with Gasteiger partial charge in [0.1, 0.15) is 0 Å². The summed E-state index contributed by atoms with van der Waals surface area (Å²) in [4.78, 5) is 9.13. The lowest BCUT2D eigenvalue weighted by Crippen LogP contribution is -2.49. The van der Waals surface area contributed by atoms with Crippen LogP contribution in [0, 0.1) is 11.8 Å². The first-order valence-corrected chi connectivity index (χ1v) is 9.27. The Hall–Kier alpha value is -0.0800. The van der Waals surface area contributed by atoms with Gasteiger partial charge in [0.15, 0.2) is 5.96 Å². The highest BCUT2D eigenvalue weighted by atomic mass is 127. The molecule has 1 aliphatic heterocycles. The second kappa shape index (κ2) is 11.5. The number of ether oxygens (including phenoxy) is 1.